The van der Waals surface area contributed by atoms with Crippen LogP contribution in [0, 0.1) is 0 Å². The van der Waals surface area contributed by atoms with Crippen LogP contribution in [0.15, 0.2) is 0 Å². The van der Waals surface area contributed by atoms with Gasteiger partial charge in [-0.3, -0.25) is 15.0 Å². The molecule has 0 fully saturated rings. The van der Waals surface area contributed by atoms with Crippen molar-refractivity contribution in [1.82, 2.24) is 10.7 Å². The van der Waals surface area contributed by atoms with Gasteiger partial charge in [-0.1, -0.05) is 6.92 Å². The van der Waals surface area contributed by atoms with Crippen LogP contribution in [0.5, 0.6) is 0 Å². The average molecular weight is 223 g/mol. The summed E-state index contributed by atoms with van der Waals surface area (Å²) in [6, 6.07) is 0. The number of amides is 2. The lowest BCUT2D eigenvalue weighted by molar-refractivity contribution is -0.139. The van der Waals surface area contributed by atoms with Crippen molar-refractivity contribution in [2.24, 2.45) is 5.84 Å². The maximum atomic E-state index is 10.9. The van der Waals surface area contributed by atoms with E-state index in [1.807, 2.05) is 0 Å². The number of sulfone groups is 1. The van der Waals surface area contributed by atoms with Gasteiger partial charge in [0.05, 0.1) is 5.75 Å². The van der Waals surface area contributed by atoms with E-state index >= 15 is 0 Å². The van der Waals surface area contributed by atoms with Crippen molar-refractivity contribution < 1.29 is 18.0 Å². The number of hydrogen-bond donors (Lipinski definition) is 3. The number of carbonyl (C=O) groups excluding carboxylic acids is 2. The summed E-state index contributed by atoms with van der Waals surface area (Å²) in [7, 11) is -3.13. The van der Waals surface area contributed by atoms with Crippen LogP contribution in [0.3, 0.4) is 0 Å². The fourth-order valence-corrected chi connectivity index (χ4v) is 1.31. The first kappa shape index (κ1) is 12.8. The minimum Gasteiger partial charge on any atom is -0.347 e. The van der Waals surface area contributed by atoms with Gasteiger partial charge >= 0.3 is 11.8 Å². The van der Waals surface area contributed by atoms with E-state index in [4.69, 9.17) is 0 Å². The third-order valence-electron chi connectivity index (χ3n) is 1.48. The van der Waals surface area contributed by atoms with E-state index in [1.54, 1.807) is 5.43 Å². The molecule has 0 saturated heterocycles. The molecular formula is C6H13N3O4S. The van der Waals surface area contributed by atoms with Gasteiger partial charge in [0.2, 0.25) is 0 Å². The topological polar surface area (TPSA) is 118 Å². The maximum absolute atomic E-state index is 10.9. The Morgan fingerprint density at radius 1 is 1.29 bits per heavy atom. The van der Waals surface area contributed by atoms with Crippen LogP contribution in [-0.2, 0) is 19.4 Å². The van der Waals surface area contributed by atoms with Crippen LogP contribution in [0.2, 0.25) is 0 Å². The van der Waals surface area contributed by atoms with Crippen LogP contribution in [0.25, 0.3) is 0 Å². The van der Waals surface area contributed by atoms with Gasteiger partial charge in [0.25, 0.3) is 0 Å². The molecular weight excluding hydrogens is 210 g/mol. The summed E-state index contributed by atoms with van der Waals surface area (Å²) in [4.78, 5) is 21.3. The van der Waals surface area contributed by atoms with E-state index in [0.717, 1.165) is 0 Å². The number of hydrazine groups is 1. The molecule has 14 heavy (non-hydrogen) atoms. The van der Waals surface area contributed by atoms with Gasteiger partial charge in [0.1, 0.15) is 0 Å². The Labute approximate surface area is 81.9 Å². The number of carbonyl (C=O) groups is 2. The molecule has 0 saturated carbocycles. The van der Waals surface area contributed by atoms with E-state index < -0.39 is 21.7 Å². The molecule has 0 bridgehead atoms. The first-order valence-corrected chi connectivity index (χ1v) is 5.74. The highest BCUT2D eigenvalue weighted by Crippen LogP contribution is 1.86. The molecule has 0 unspecified atom stereocenters. The second-order valence-electron chi connectivity index (χ2n) is 2.47. The van der Waals surface area contributed by atoms with Crippen LogP contribution < -0.4 is 16.6 Å². The molecule has 8 heteroatoms. The van der Waals surface area contributed by atoms with Gasteiger partial charge in [0, 0.05) is 12.3 Å². The normalized spacial score (nSPS) is 10.7. The van der Waals surface area contributed by atoms with Crippen molar-refractivity contribution in [3.05, 3.63) is 0 Å². The molecule has 0 radical (unpaired) electrons. The summed E-state index contributed by atoms with van der Waals surface area (Å²) in [5.41, 5.74) is 1.63. The number of rotatable bonds is 4. The Morgan fingerprint density at radius 2 is 1.86 bits per heavy atom. The molecule has 0 aromatic carbocycles. The predicted octanol–water partition coefficient (Wildman–Crippen LogP) is -2.47. The minimum absolute atomic E-state index is 0.00591. The number of hydrogen-bond acceptors (Lipinski definition) is 5. The molecule has 0 heterocycles. The van der Waals surface area contributed by atoms with Crippen LogP contribution in [-0.4, -0.2) is 38.3 Å². The summed E-state index contributed by atoms with van der Waals surface area (Å²) in [6.07, 6.45) is 0. The standard InChI is InChI=1S/C6H13N3O4S/c1-2-14(12,13)4-3-8-5(10)6(11)9-7/h2-4,7H2,1H3,(H,8,10)(H,9,11). The smallest absolute Gasteiger partial charge is 0.323 e. The minimum atomic E-state index is -3.13. The molecule has 0 aliphatic rings. The Kier molecular flexibility index (Phi) is 5.10. The highest BCUT2D eigenvalue weighted by atomic mass is 32.2. The molecule has 0 aliphatic heterocycles. The predicted molar refractivity (Wildman–Crippen MR) is 49.7 cm³/mol. The summed E-state index contributed by atoms with van der Waals surface area (Å²) < 4.78 is 21.9. The highest BCUT2D eigenvalue weighted by Gasteiger charge is 2.12. The molecule has 0 aromatic heterocycles. The zero-order chi connectivity index (χ0) is 11.2. The Bertz CT molecular complexity index is 311. The van der Waals surface area contributed by atoms with E-state index in [0.29, 0.717) is 0 Å². The number of nitrogens with two attached hydrogens (primary N) is 1. The molecule has 0 atom stereocenters. The second-order valence-corrected chi connectivity index (χ2v) is 4.94. The Morgan fingerprint density at radius 3 is 2.29 bits per heavy atom. The monoisotopic (exact) mass is 223 g/mol. The summed E-state index contributed by atoms with van der Waals surface area (Å²) >= 11 is 0. The first-order chi connectivity index (χ1) is 6.43. The highest BCUT2D eigenvalue weighted by molar-refractivity contribution is 7.91. The van der Waals surface area contributed by atoms with Crippen molar-refractivity contribution in [2.45, 2.75) is 6.92 Å². The van der Waals surface area contributed by atoms with Gasteiger partial charge in [-0.2, -0.15) is 0 Å². The van der Waals surface area contributed by atoms with Crippen molar-refractivity contribution in [3.8, 4) is 0 Å². The molecule has 2 amide bonds. The lowest BCUT2D eigenvalue weighted by atomic mass is 10.5. The fourth-order valence-electron chi connectivity index (χ4n) is 0.610. The van der Waals surface area contributed by atoms with Crippen molar-refractivity contribution in [1.29, 1.82) is 0 Å². The quantitative estimate of drug-likeness (QED) is 0.211. The third-order valence-corrected chi connectivity index (χ3v) is 3.18. The van der Waals surface area contributed by atoms with E-state index in [2.05, 4.69) is 11.2 Å². The lowest BCUT2D eigenvalue weighted by Crippen LogP contribution is -2.44. The summed E-state index contributed by atoms with van der Waals surface area (Å²) in [6.45, 7) is 1.41. The van der Waals surface area contributed by atoms with Gasteiger partial charge in [-0.05, 0) is 0 Å². The lowest BCUT2D eigenvalue weighted by Gasteiger charge is -2.03. The third kappa shape index (κ3) is 4.77. The van der Waals surface area contributed by atoms with Gasteiger partial charge in [0.15, 0.2) is 9.84 Å². The average Bonchev–Trinajstić information content (AvgIpc) is 2.16. The van der Waals surface area contributed by atoms with Crippen molar-refractivity contribution in [3.63, 3.8) is 0 Å². The second kappa shape index (κ2) is 5.55. The molecule has 0 spiro atoms. The zero-order valence-electron chi connectivity index (χ0n) is 7.74. The summed E-state index contributed by atoms with van der Waals surface area (Å²) in [5, 5.41) is 2.11. The molecule has 7 nitrogen and oxygen atoms in total. The first-order valence-electron chi connectivity index (χ1n) is 3.92. The molecule has 0 aliphatic carbocycles. The van der Waals surface area contributed by atoms with Gasteiger partial charge in [-0.15, -0.1) is 0 Å². The number of nitrogens with one attached hydrogen (secondary N) is 2. The zero-order valence-corrected chi connectivity index (χ0v) is 8.56. The van der Waals surface area contributed by atoms with Crippen molar-refractivity contribution in [2.75, 3.05) is 18.1 Å². The molecule has 82 valence electrons. The molecule has 4 N–H and O–H groups in total. The Hall–Kier alpha value is -1.15. The van der Waals surface area contributed by atoms with Crippen LogP contribution in [0.1, 0.15) is 6.92 Å². The van der Waals surface area contributed by atoms with Gasteiger partial charge in [-0.25, -0.2) is 14.3 Å². The molecule has 0 aromatic rings. The van der Waals surface area contributed by atoms with E-state index in [-0.39, 0.29) is 18.1 Å². The fraction of sp³-hybridized carbons (Fsp3) is 0.667. The van der Waals surface area contributed by atoms with Crippen molar-refractivity contribution >= 4 is 21.7 Å². The van der Waals surface area contributed by atoms with Crippen LogP contribution >= 0.6 is 0 Å². The van der Waals surface area contributed by atoms with E-state index in [1.165, 1.54) is 6.92 Å². The Balaban J connectivity index is 3.87. The van der Waals surface area contributed by atoms with Crippen LogP contribution in [0.4, 0.5) is 0 Å². The van der Waals surface area contributed by atoms with Gasteiger partial charge < -0.3 is 5.32 Å². The summed E-state index contributed by atoms with van der Waals surface area (Å²) in [5.74, 6) is 2.55. The molecule has 0 rings (SSSR count). The largest absolute Gasteiger partial charge is 0.347 e. The van der Waals surface area contributed by atoms with E-state index in [9.17, 15) is 18.0 Å². The maximum Gasteiger partial charge on any atom is 0.323 e. The SMILES string of the molecule is CCS(=O)(=O)CCNC(=O)C(=O)NN.